The molecule has 0 saturated carbocycles. The second-order valence-corrected chi connectivity index (χ2v) is 8.37. The van der Waals surface area contributed by atoms with Crippen LogP contribution in [0.4, 0.5) is 11.5 Å². The molecule has 0 unspecified atom stereocenters. The molecule has 1 aliphatic heterocycles. The van der Waals surface area contributed by atoms with Crippen LogP contribution in [0, 0.1) is 6.92 Å². The number of aryl methyl sites for hydroxylation is 1. The average Bonchev–Trinajstić information content (AvgIpc) is 3.43. The van der Waals surface area contributed by atoms with Gasteiger partial charge in [0.15, 0.2) is 10.8 Å². The summed E-state index contributed by atoms with van der Waals surface area (Å²) in [6, 6.07) is 9.89. The molecule has 2 aromatic heterocycles. The zero-order valence-corrected chi connectivity index (χ0v) is 19.4. The van der Waals surface area contributed by atoms with Crippen molar-refractivity contribution in [3.8, 4) is 5.69 Å². The number of halogens is 3. The highest BCUT2D eigenvalue weighted by atomic mass is 35.5. The number of nitrogens with one attached hydrogen (secondary N) is 1. The first kappa shape index (κ1) is 22.4. The summed E-state index contributed by atoms with van der Waals surface area (Å²) in [6.07, 6.45) is 3.78. The standard InChI is InChI=1S/C21H20Cl3N7O/c1-12-14(11-26-28-20(32)18-15(22)17(25)16(23)19(24)27-18)21(30-9-5-6-10-30)31(29-12)13-7-3-2-4-8-13/h2-4,7-8,11H,5-6,9-10H2,1H3,(H2,25,27)(H,28,32). The van der Waals surface area contributed by atoms with Gasteiger partial charge in [0.1, 0.15) is 10.8 Å². The highest BCUT2D eigenvalue weighted by molar-refractivity contribution is 6.46. The molecule has 1 saturated heterocycles. The molecular formula is C21H20Cl3N7O. The number of hydrogen-bond acceptors (Lipinski definition) is 6. The molecule has 32 heavy (non-hydrogen) atoms. The molecule has 0 bridgehead atoms. The van der Waals surface area contributed by atoms with Crippen LogP contribution in [0.3, 0.4) is 0 Å². The van der Waals surface area contributed by atoms with Crippen LogP contribution in [0.5, 0.6) is 0 Å². The Kier molecular flexibility index (Phi) is 6.55. The number of benzene rings is 1. The maximum absolute atomic E-state index is 12.6. The van der Waals surface area contributed by atoms with Crippen molar-refractivity contribution in [1.82, 2.24) is 20.2 Å². The van der Waals surface area contributed by atoms with Gasteiger partial charge in [-0.2, -0.15) is 10.2 Å². The van der Waals surface area contributed by atoms with Crippen LogP contribution in [-0.2, 0) is 0 Å². The van der Waals surface area contributed by atoms with E-state index in [0.29, 0.717) is 0 Å². The van der Waals surface area contributed by atoms with Crippen molar-refractivity contribution in [2.24, 2.45) is 5.10 Å². The maximum atomic E-state index is 12.6. The maximum Gasteiger partial charge on any atom is 0.291 e. The van der Waals surface area contributed by atoms with Crippen molar-refractivity contribution >= 4 is 58.4 Å². The minimum Gasteiger partial charge on any atom is -0.396 e. The van der Waals surface area contributed by atoms with Crippen molar-refractivity contribution in [2.75, 3.05) is 23.7 Å². The SMILES string of the molecule is Cc1nn(-c2ccccc2)c(N2CCCC2)c1C=NNC(=O)c1nc(Cl)c(Cl)c(N)c1Cl. The summed E-state index contributed by atoms with van der Waals surface area (Å²) in [7, 11) is 0. The molecule has 1 aliphatic rings. The lowest BCUT2D eigenvalue weighted by Crippen LogP contribution is -2.23. The molecule has 1 amide bonds. The topological polar surface area (TPSA) is 101 Å². The number of para-hydroxylation sites is 1. The predicted octanol–water partition coefficient (Wildman–Crippen LogP) is 4.48. The number of hydrazone groups is 1. The second-order valence-electron chi connectivity index (χ2n) is 7.26. The number of pyridine rings is 1. The van der Waals surface area contributed by atoms with E-state index in [1.807, 2.05) is 41.9 Å². The van der Waals surface area contributed by atoms with Gasteiger partial charge in [-0.25, -0.2) is 15.1 Å². The van der Waals surface area contributed by atoms with E-state index in [0.717, 1.165) is 48.7 Å². The summed E-state index contributed by atoms with van der Waals surface area (Å²) < 4.78 is 1.90. The van der Waals surface area contributed by atoms with E-state index in [1.165, 1.54) is 0 Å². The number of nitrogens with two attached hydrogens (primary N) is 1. The van der Waals surface area contributed by atoms with Crippen molar-refractivity contribution in [1.29, 1.82) is 0 Å². The number of hydrogen-bond donors (Lipinski definition) is 2. The van der Waals surface area contributed by atoms with Gasteiger partial charge >= 0.3 is 0 Å². The van der Waals surface area contributed by atoms with Crippen LogP contribution in [-0.4, -0.2) is 40.0 Å². The summed E-state index contributed by atoms with van der Waals surface area (Å²) in [5.41, 5.74) is 10.6. The number of amides is 1. The third kappa shape index (κ3) is 4.26. The molecule has 1 fully saturated rings. The van der Waals surface area contributed by atoms with Gasteiger partial charge in [0, 0.05) is 13.1 Å². The Balaban J connectivity index is 1.65. The number of aromatic nitrogens is 3. The van der Waals surface area contributed by atoms with E-state index in [-0.39, 0.29) is 26.6 Å². The van der Waals surface area contributed by atoms with Crippen LogP contribution >= 0.6 is 34.8 Å². The first-order chi connectivity index (χ1) is 15.4. The molecule has 1 aromatic carbocycles. The van der Waals surface area contributed by atoms with Crippen molar-refractivity contribution in [2.45, 2.75) is 19.8 Å². The van der Waals surface area contributed by atoms with E-state index in [1.54, 1.807) is 6.21 Å². The molecule has 0 radical (unpaired) electrons. The van der Waals surface area contributed by atoms with Crippen LogP contribution < -0.4 is 16.1 Å². The molecule has 0 aliphatic carbocycles. The molecule has 3 heterocycles. The third-order valence-corrected chi connectivity index (χ3v) is 6.27. The summed E-state index contributed by atoms with van der Waals surface area (Å²) >= 11 is 17.9. The Morgan fingerprint density at radius 2 is 1.84 bits per heavy atom. The molecule has 166 valence electrons. The monoisotopic (exact) mass is 491 g/mol. The van der Waals surface area contributed by atoms with Gasteiger partial charge in [-0.15, -0.1) is 0 Å². The first-order valence-corrected chi connectivity index (χ1v) is 11.0. The van der Waals surface area contributed by atoms with E-state index in [2.05, 4.69) is 20.4 Å². The van der Waals surface area contributed by atoms with Crippen LogP contribution in [0.2, 0.25) is 15.2 Å². The number of rotatable bonds is 5. The lowest BCUT2D eigenvalue weighted by molar-refractivity contribution is 0.0950. The van der Waals surface area contributed by atoms with E-state index < -0.39 is 5.91 Å². The first-order valence-electron chi connectivity index (χ1n) is 9.92. The van der Waals surface area contributed by atoms with Gasteiger partial charge in [0.2, 0.25) is 0 Å². The fourth-order valence-corrected chi connectivity index (χ4v) is 4.14. The number of carbonyl (C=O) groups excluding carboxylic acids is 1. The third-order valence-electron chi connectivity index (χ3n) is 5.13. The summed E-state index contributed by atoms with van der Waals surface area (Å²) in [6.45, 7) is 3.75. The van der Waals surface area contributed by atoms with E-state index >= 15 is 0 Å². The minimum absolute atomic E-state index is 0.00377. The quantitative estimate of drug-likeness (QED) is 0.311. The van der Waals surface area contributed by atoms with Crippen molar-refractivity contribution in [3.05, 3.63) is 62.5 Å². The molecule has 11 heteroatoms. The van der Waals surface area contributed by atoms with Crippen molar-refractivity contribution < 1.29 is 4.79 Å². The fourth-order valence-electron chi connectivity index (χ4n) is 3.55. The normalized spacial score (nSPS) is 13.8. The molecule has 3 N–H and O–H groups in total. The second kappa shape index (κ2) is 9.36. The fraction of sp³-hybridized carbons (Fsp3) is 0.238. The molecule has 0 spiro atoms. The molecular weight excluding hydrogens is 473 g/mol. The highest BCUT2D eigenvalue weighted by Gasteiger charge is 2.24. The predicted molar refractivity (Wildman–Crippen MR) is 128 cm³/mol. The van der Waals surface area contributed by atoms with Gasteiger partial charge in [-0.3, -0.25) is 4.79 Å². The zero-order chi connectivity index (χ0) is 22.8. The van der Waals surface area contributed by atoms with Crippen molar-refractivity contribution in [3.63, 3.8) is 0 Å². The van der Waals surface area contributed by atoms with Gasteiger partial charge in [0.25, 0.3) is 5.91 Å². The number of nitrogens with zero attached hydrogens (tertiary/aromatic N) is 5. The Morgan fingerprint density at radius 3 is 2.53 bits per heavy atom. The zero-order valence-electron chi connectivity index (χ0n) is 17.1. The lowest BCUT2D eigenvalue weighted by atomic mass is 10.2. The number of nitrogen functional groups attached to an aromatic ring is 1. The summed E-state index contributed by atoms with van der Waals surface area (Å²) in [5, 5.41) is 8.64. The summed E-state index contributed by atoms with van der Waals surface area (Å²) in [4.78, 5) is 18.7. The number of carbonyl (C=O) groups is 1. The van der Waals surface area contributed by atoms with Crippen LogP contribution in [0.15, 0.2) is 35.4 Å². The van der Waals surface area contributed by atoms with Gasteiger partial charge in [-0.1, -0.05) is 53.0 Å². The van der Waals surface area contributed by atoms with E-state index in [9.17, 15) is 4.79 Å². The molecule has 0 atom stereocenters. The molecule has 4 rings (SSSR count). The van der Waals surface area contributed by atoms with Gasteiger partial charge in [0.05, 0.1) is 33.9 Å². The largest absolute Gasteiger partial charge is 0.396 e. The molecule has 8 nitrogen and oxygen atoms in total. The Bertz CT molecular complexity index is 1190. The summed E-state index contributed by atoms with van der Waals surface area (Å²) in [5.74, 6) is 0.270. The Labute approximate surface area is 200 Å². The molecule has 3 aromatic rings. The van der Waals surface area contributed by atoms with Crippen LogP contribution in [0.1, 0.15) is 34.6 Å². The highest BCUT2D eigenvalue weighted by Crippen LogP contribution is 2.34. The van der Waals surface area contributed by atoms with Gasteiger partial charge < -0.3 is 10.6 Å². The van der Waals surface area contributed by atoms with E-state index in [4.69, 9.17) is 45.6 Å². The Hall–Kier alpha value is -2.81. The minimum atomic E-state index is -0.660. The Morgan fingerprint density at radius 1 is 1.16 bits per heavy atom. The van der Waals surface area contributed by atoms with Crippen LogP contribution in [0.25, 0.3) is 5.69 Å². The average molecular weight is 493 g/mol. The number of anilines is 2. The lowest BCUT2D eigenvalue weighted by Gasteiger charge is -2.20. The smallest absolute Gasteiger partial charge is 0.291 e. The van der Waals surface area contributed by atoms with Gasteiger partial charge in [-0.05, 0) is 31.9 Å².